The molecular formula is C14H8F9NO3S. The third kappa shape index (κ3) is 3.62. The van der Waals surface area contributed by atoms with Crippen LogP contribution in [0.1, 0.15) is 5.56 Å². The van der Waals surface area contributed by atoms with Crippen LogP contribution in [0.2, 0.25) is 0 Å². The van der Waals surface area contributed by atoms with Gasteiger partial charge in [0, 0.05) is 0 Å². The molecule has 0 saturated carbocycles. The molecule has 0 saturated heterocycles. The van der Waals surface area contributed by atoms with E-state index in [0.717, 1.165) is 24.3 Å². The van der Waals surface area contributed by atoms with Gasteiger partial charge >= 0.3 is 23.3 Å². The first-order valence-corrected chi connectivity index (χ1v) is 8.16. The van der Waals surface area contributed by atoms with E-state index in [1.807, 2.05) is 0 Å². The number of methoxy groups -OCH3 is 1. The second kappa shape index (κ2) is 7.19. The van der Waals surface area contributed by atoms with Gasteiger partial charge in [-0.25, -0.2) is 8.42 Å². The van der Waals surface area contributed by atoms with Gasteiger partial charge in [0.2, 0.25) is 0 Å². The number of allylic oxidation sites excluding steroid dienone is 1. The van der Waals surface area contributed by atoms with Crippen molar-refractivity contribution >= 4 is 15.9 Å². The minimum atomic E-state index is -7.41. The van der Waals surface area contributed by atoms with E-state index in [0.29, 0.717) is 6.07 Å². The molecule has 0 aliphatic rings. The molecule has 1 aromatic carbocycles. The number of hydrogen-bond acceptors (Lipinski definition) is 4. The fourth-order valence-corrected chi connectivity index (χ4v) is 2.84. The maximum Gasteiger partial charge on any atom is 0.460 e. The molecule has 0 heterocycles. The van der Waals surface area contributed by atoms with E-state index in [1.165, 1.54) is 7.11 Å². The minimum Gasteiger partial charge on any atom is -0.497 e. The van der Waals surface area contributed by atoms with Crippen LogP contribution in [-0.2, 0) is 9.84 Å². The van der Waals surface area contributed by atoms with Gasteiger partial charge in [-0.15, -0.1) is 0 Å². The lowest BCUT2D eigenvalue weighted by molar-refractivity contribution is -0.382. The van der Waals surface area contributed by atoms with Crippen LogP contribution in [0.3, 0.4) is 0 Å². The van der Waals surface area contributed by atoms with Crippen LogP contribution in [0.15, 0.2) is 29.2 Å². The standard InChI is InChI=1S/C14H8F9NO3S/c1-27-9-4-2-8(3-5-9)6-10(7-24)28(25,26)14(22,23)12(17,18)11(15,16)13(19,20)21/h2-6H,1H3/b10-6+. The molecule has 0 atom stereocenters. The van der Waals surface area contributed by atoms with Crippen LogP contribution in [-0.4, -0.2) is 38.8 Å². The average molecular weight is 441 g/mol. The Kier molecular flexibility index (Phi) is 6.06. The molecule has 0 unspecified atom stereocenters. The predicted octanol–water partition coefficient (Wildman–Crippen LogP) is 4.40. The highest BCUT2D eigenvalue weighted by Crippen LogP contribution is 2.55. The number of halogens is 9. The number of benzene rings is 1. The van der Waals surface area contributed by atoms with Gasteiger partial charge in [0.25, 0.3) is 9.84 Å². The fourth-order valence-electron chi connectivity index (χ4n) is 1.69. The Bertz CT molecular complexity index is 897. The molecule has 0 bridgehead atoms. The van der Waals surface area contributed by atoms with Gasteiger partial charge in [0.1, 0.15) is 11.8 Å². The normalized spacial score (nSPS) is 14.5. The lowest BCUT2D eigenvalue weighted by atomic mass is 10.1. The summed E-state index contributed by atoms with van der Waals surface area (Å²) in [5.41, 5.74) is -0.345. The van der Waals surface area contributed by atoms with Gasteiger partial charge in [0.05, 0.1) is 7.11 Å². The van der Waals surface area contributed by atoms with E-state index in [9.17, 15) is 47.9 Å². The molecule has 0 N–H and O–H groups in total. The molecule has 0 radical (unpaired) electrons. The molecule has 1 aromatic rings. The first-order chi connectivity index (χ1) is 12.5. The Labute approximate surface area is 151 Å². The first kappa shape index (κ1) is 23.6. The number of rotatable bonds is 6. The predicted molar refractivity (Wildman–Crippen MR) is 76.4 cm³/mol. The summed E-state index contributed by atoms with van der Waals surface area (Å²) in [5.74, 6) is -14.6. The number of hydrogen-bond donors (Lipinski definition) is 0. The second-order valence-electron chi connectivity index (χ2n) is 5.06. The fraction of sp³-hybridized carbons (Fsp3) is 0.357. The molecule has 28 heavy (non-hydrogen) atoms. The van der Waals surface area contributed by atoms with Crippen molar-refractivity contribution in [1.29, 1.82) is 5.26 Å². The van der Waals surface area contributed by atoms with Gasteiger partial charge < -0.3 is 4.74 Å². The van der Waals surface area contributed by atoms with E-state index in [-0.39, 0.29) is 17.4 Å². The maximum atomic E-state index is 13.7. The number of nitriles is 1. The van der Waals surface area contributed by atoms with E-state index in [1.54, 1.807) is 0 Å². The summed E-state index contributed by atoms with van der Waals surface area (Å²) in [6.07, 6.45) is -7.09. The van der Waals surface area contributed by atoms with Crippen LogP contribution in [0.4, 0.5) is 39.5 Å². The molecular weight excluding hydrogens is 433 g/mol. The van der Waals surface area contributed by atoms with Crippen molar-refractivity contribution in [3.05, 3.63) is 34.7 Å². The summed E-state index contributed by atoms with van der Waals surface area (Å²) in [6.45, 7) is 0. The van der Waals surface area contributed by atoms with Gasteiger partial charge in [0.15, 0.2) is 4.91 Å². The maximum absolute atomic E-state index is 13.7. The third-order valence-corrected chi connectivity index (χ3v) is 4.99. The summed E-state index contributed by atoms with van der Waals surface area (Å²) >= 11 is 0. The van der Waals surface area contributed by atoms with E-state index in [2.05, 4.69) is 0 Å². The summed E-state index contributed by atoms with van der Waals surface area (Å²) < 4.78 is 144. The van der Waals surface area contributed by atoms with Crippen molar-refractivity contribution in [2.75, 3.05) is 7.11 Å². The third-order valence-electron chi connectivity index (χ3n) is 3.27. The smallest absolute Gasteiger partial charge is 0.460 e. The molecule has 0 aliphatic carbocycles. The molecule has 0 aromatic heterocycles. The Hall–Kier alpha value is -2.43. The Morgan fingerprint density at radius 1 is 0.964 bits per heavy atom. The minimum absolute atomic E-state index is 0.102. The van der Waals surface area contributed by atoms with Gasteiger partial charge in [-0.05, 0) is 23.8 Å². The summed E-state index contributed by atoms with van der Waals surface area (Å²) in [6, 6.07) is 4.82. The van der Waals surface area contributed by atoms with Crippen molar-refractivity contribution in [3.8, 4) is 11.8 Å². The molecule has 14 heteroatoms. The highest BCUT2D eigenvalue weighted by atomic mass is 32.2. The van der Waals surface area contributed by atoms with Crippen molar-refractivity contribution < 1.29 is 52.7 Å². The molecule has 0 fully saturated rings. The van der Waals surface area contributed by atoms with Crippen molar-refractivity contribution in [1.82, 2.24) is 0 Å². The highest BCUT2D eigenvalue weighted by Gasteiger charge is 2.85. The largest absolute Gasteiger partial charge is 0.497 e. The quantitative estimate of drug-likeness (QED) is 0.485. The average Bonchev–Trinajstić information content (AvgIpc) is 2.58. The lowest BCUT2D eigenvalue weighted by Gasteiger charge is -2.32. The van der Waals surface area contributed by atoms with Crippen molar-refractivity contribution in [2.45, 2.75) is 23.3 Å². The van der Waals surface area contributed by atoms with Gasteiger partial charge in [-0.2, -0.15) is 44.8 Å². The topological polar surface area (TPSA) is 67.2 Å². The monoisotopic (exact) mass is 441 g/mol. The van der Waals surface area contributed by atoms with Crippen molar-refractivity contribution in [3.63, 3.8) is 0 Å². The molecule has 4 nitrogen and oxygen atoms in total. The van der Waals surface area contributed by atoms with Gasteiger partial charge in [-0.3, -0.25) is 0 Å². The zero-order chi connectivity index (χ0) is 22.2. The second-order valence-corrected chi connectivity index (χ2v) is 7.02. The Morgan fingerprint density at radius 3 is 1.79 bits per heavy atom. The van der Waals surface area contributed by atoms with E-state index < -0.39 is 38.0 Å². The molecule has 0 aliphatic heterocycles. The SMILES string of the molecule is COc1ccc(/C=C(\C#N)S(=O)(=O)C(F)(F)C(F)(F)C(F)(F)C(F)(F)F)cc1. The Balaban J connectivity index is 3.55. The van der Waals surface area contributed by atoms with Crippen LogP contribution in [0.25, 0.3) is 6.08 Å². The zero-order valence-electron chi connectivity index (χ0n) is 13.4. The molecule has 156 valence electrons. The van der Waals surface area contributed by atoms with Crippen molar-refractivity contribution in [2.24, 2.45) is 0 Å². The van der Waals surface area contributed by atoms with Crippen LogP contribution in [0, 0.1) is 11.3 Å². The van der Waals surface area contributed by atoms with Crippen LogP contribution in [0.5, 0.6) is 5.75 Å². The molecule has 0 spiro atoms. The van der Waals surface area contributed by atoms with E-state index >= 15 is 0 Å². The Morgan fingerprint density at radius 2 is 1.43 bits per heavy atom. The van der Waals surface area contributed by atoms with Crippen LogP contribution < -0.4 is 4.74 Å². The van der Waals surface area contributed by atoms with Crippen LogP contribution >= 0.6 is 0 Å². The summed E-state index contributed by atoms with van der Waals surface area (Å²) in [7, 11) is -5.74. The number of nitrogens with zero attached hydrogens (tertiary/aromatic N) is 1. The number of sulfone groups is 1. The zero-order valence-corrected chi connectivity index (χ0v) is 14.2. The highest BCUT2D eigenvalue weighted by molar-refractivity contribution is 7.96. The molecule has 0 amide bonds. The van der Waals surface area contributed by atoms with E-state index in [4.69, 9.17) is 10.00 Å². The summed E-state index contributed by atoms with van der Waals surface area (Å²) in [5, 5.41) is 1.74. The van der Waals surface area contributed by atoms with Gasteiger partial charge in [-0.1, -0.05) is 12.1 Å². The summed E-state index contributed by atoms with van der Waals surface area (Å²) in [4.78, 5) is -2.15. The number of ether oxygens (including phenoxy) is 1. The lowest BCUT2D eigenvalue weighted by Crippen LogP contribution is -2.63. The molecule has 1 rings (SSSR count). The first-order valence-electron chi connectivity index (χ1n) is 6.68. The number of alkyl halides is 9.